The van der Waals surface area contributed by atoms with Gasteiger partial charge >= 0.3 is 0 Å². The fraction of sp³-hybridized carbons (Fsp3) is 0.250. The Kier molecular flexibility index (Phi) is 3.24. The lowest BCUT2D eigenvalue weighted by Crippen LogP contribution is -2.06. The van der Waals surface area contributed by atoms with Crippen LogP contribution in [0, 0.1) is 13.8 Å². The summed E-state index contributed by atoms with van der Waals surface area (Å²) in [5, 5.41) is 5.71. The van der Waals surface area contributed by atoms with Gasteiger partial charge in [-0.15, -0.1) is 0 Å². The molecule has 0 fully saturated rings. The van der Waals surface area contributed by atoms with Gasteiger partial charge in [0.25, 0.3) is 0 Å². The van der Waals surface area contributed by atoms with E-state index in [0.717, 1.165) is 33.5 Å². The summed E-state index contributed by atoms with van der Waals surface area (Å²) in [5.41, 5.74) is 11.1. The van der Waals surface area contributed by atoms with Crippen LogP contribution in [0.4, 0.5) is 0 Å². The zero-order valence-electron chi connectivity index (χ0n) is 11.8. The Balaban J connectivity index is 1.97. The van der Waals surface area contributed by atoms with Crippen LogP contribution >= 0.6 is 0 Å². The minimum atomic E-state index is 0.531. The molecule has 0 unspecified atom stereocenters. The molecule has 4 heteroatoms. The van der Waals surface area contributed by atoms with Crippen molar-refractivity contribution in [2.24, 2.45) is 5.73 Å². The van der Waals surface area contributed by atoms with E-state index in [1.54, 1.807) is 0 Å². The molecule has 2 aromatic heterocycles. The van der Waals surface area contributed by atoms with Gasteiger partial charge in [-0.3, -0.25) is 9.67 Å². The van der Waals surface area contributed by atoms with Gasteiger partial charge < -0.3 is 5.73 Å². The number of aromatic nitrogens is 3. The monoisotopic (exact) mass is 266 g/mol. The molecule has 0 aliphatic heterocycles. The summed E-state index contributed by atoms with van der Waals surface area (Å²) < 4.78 is 1.98. The molecule has 0 aliphatic carbocycles. The van der Waals surface area contributed by atoms with Crippen molar-refractivity contribution in [3.05, 3.63) is 59.0 Å². The summed E-state index contributed by atoms with van der Waals surface area (Å²) in [5.74, 6) is 0. The number of para-hydroxylation sites is 1. The lowest BCUT2D eigenvalue weighted by atomic mass is 10.2. The van der Waals surface area contributed by atoms with Gasteiger partial charge in [0.2, 0.25) is 0 Å². The Morgan fingerprint density at radius 2 is 1.90 bits per heavy atom. The summed E-state index contributed by atoms with van der Waals surface area (Å²) in [4.78, 5) is 4.68. The van der Waals surface area contributed by atoms with Crippen molar-refractivity contribution in [3.63, 3.8) is 0 Å². The van der Waals surface area contributed by atoms with E-state index in [4.69, 9.17) is 5.73 Å². The van der Waals surface area contributed by atoms with Crippen molar-refractivity contribution < 1.29 is 0 Å². The molecule has 1 aromatic carbocycles. The van der Waals surface area contributed by atoms with Crippen molar-refractivity contribution in [3.8, 4) is 0 Å². The average Bonchev–Trinajstić information content (AvgIpc) is 2.73. The second-order valence-electron chi connectivity index (χ2n) is 5.01. The molecular formula is C16H18N4. The molecular weight excluding hydrogens is 248 g/mol. The van der Waals surface area contributed by atoms with Crippen LogP contribution < -0.4 is 5.73 Å². The molecule has 0 amide bonds. The molecule has 20 heavy (non-hydrogen) atoms. The van der Waals surface area contributed by atoms with Crippen molar-refractivity contribution >= 4 is 10.9 Å². The molecule has 0 saturated carbocycles. The number of aryl methyl sites for hydroxylation is 1. The number of nitrogens with two attached hydrogens (primary N) is 1. The zero-order valence-corrected chi connectivity index (χ0v) is 11.8. The quantitative estimate of drug-likeness (QED) is 0.792. The first-order chi connectivity index (χ1) is 9.69. The third-order valence-electron chi connectivity index (χ3n) is 3.70. The fourth-order valence-corrected chi connectivity index (χ4v) is 2.53. The molecule has 0 radical (unpaired) electrons. The molecule has 0 aliphatic rings. The van der Waals surface area contributed by atoms with Crippen LogP contribution in [0.2, 0.25) is 0 Å². The highest BCUT2D eigenvalue weighted by Gasteiger charge is 2.10. The number of nitrogens with zero attached hydrogens (tertiary/aromatic N) is 3. The van der Waals surface area contributed by atoms with Gasteiger partial charge in [-0.2, -0.15) is 5.10 Å². The van der Waals surface area contributed by atoms with E-state index in [9.17, 15) is 0 Å². The Morgan fingerprint density at radius 1 is 1.10 bits per heavy atom. The first-order valence-electron chi connectivity index (χ1n) is 6.76. The van der Waals surface area contributed by atoms with E-state index in [2.05, 4.69) is 35.2 Å². The van der Waals surface area contributed by atoms with Crippen LogP contribution in [0.15, 0.2) is 36.4 Å². The van der Waals surface area contributed by atoms with Gasteiger partial charge in [-0.25, -0.2) is 0 Å². The molecule has 0 bridgehead atoms. The highest BCUT2D eigenvalue weighted by atomic mass is 15.3. The second kappa shape index (κ2) is 5.06. The smallest absolute Gasteiger partial charge is 0.0834 e. The summed E-state index contributed by atoms with van der Waals surface area (Å²) in [6, 6.07) is 12.3. The standard InChI is InChI=1S/C16H18N4/c1-11-15(9-17)12(2)20(19-11)10-14-8-7-13-5-3-4-6-16(13)18-14/h3-8H,9-10,17H2,1-2H3. The first-order valence-corrected chi connectivity index (χ1v) is 6.76. The highest BCUT2D eigenvalue weighted by Crippen LogP contribution is 2.16. The maximum atomic E-state index is 5.76. The largest absolute Gasteiger partial charge is 0.326 e. The predicted octanol–water partition coefficient (Wildman–Crippen LogP) is 2.56. The summed E-state index contributed by atoms with van der Waals surface area (Å²) in [6.45, 7) is 5.27. The fourth-order valence-electron chi connectivity index (χ4n) is 2.53. The van der Waals surface area contributed by atoms with Crippen molar-refractivity contribution in [1.82, 2.24) is 14.8 Å². The van der Waals surface area contributed by atoms with E-state index >= 15 is 0 Å². The maximum absolute atomic E-state index is 5.76. The Labute approximate surface area is 118 Å². The van der Waals surface area contributed by atoms with Crippen LogP contribution in [0.25, 0.3) is 10.9 Å². The van der Waals surface area contributed by atoms with E-state index < -0.39 is 0 Å². The van der Waals surface area contributed by atoms with Gasteiger partial charge in [0, 0.05) is 23.2 Å². The normalized spacial score (nSPS) is 11.2. The van der Waals surface area contributed by atoms with Crippen LogP contribution in [-0.4, -0.2) is 14.8 Å². The lowest BCUT2D eigenvalue weighted by Gasteiger charge is -2.06. The number of pyridine rings is 1. The summed E-state index contributed by atoms with van der Waals surface area (Å²) >= 11 is 0. The molecule has 3 rings (SSSR count). The van der Waals surface area contributed by atoms with Gasteiger partial charge in [0.1, 0.15) is 0 Å². The van der Waals surface area contributed by atoms with Crippen LogP contribution in [0.1, 0.15) is 22.6 Å². The van der Waals surface area contributed by atoms with Crippen molar-refractivity contribution in [1.29, 1.82) is 0 Å². The Bertz CT molecular complexity index is 758. The molecule has 102 valence electrons. The van der Waals surface area contributed by atoms with Crippen LogP contribution in [-0.2, 0) is 13.1 Å². The molecule has 2 N–H and O–H groups in total. The SMILES string of the molecule is Cc1nn(Cc2ccc3ccccc3n2)c(C)c1CN. The Morgan fingerprint density at radius 3 is 2.65 bits per heavy atom. The second-order valence-corrected chi connectivity index (χ2v) is 5.01. The summed E-state index contributed by atoms with van der Waals surface area (Å²) in [6.07, 6.45) is 0. The van der Waals surface area contributed by atoms with E-state index in [0.29, 0.717) is 13.1 Å². The number of fused-ring (bicyclic) bond motifs is 1. The average molecular weight is 266 g/mol. The van der Waals surface area contributed by atoms with E-state index in [-0.39, 0.29) is 0 Å². The number of hydrogen-bond donors (Lipinski definition) is 1. The van der Waals surface area contributed by atoms with Crippen LogP contribution in [0.5, 0.6) is 0 Å². The molecule has 0 saturated heterocycles. The van der Waals surface area contributed by atoms with Gasteiger partial charge in [0.05, 0.1) is 23.4 Å². The third kappa shape index (κ3) is 2.18. The molecule has 3 aromatic rings. The molecule has 4 nitrogen and oxygen atoms in total. The predicted molar refractivity (Wildman–Crippen MR) is 80.4 cm³/mol. The van der Waals surface area contributed by atoms with Gasteiger partial charge in [0.15, 0.2) is 0 Å². The van der Waals surface area contributed by atoms with Gasteiger partial charge in [-0.1, -0.05) is 24.3 Å². The van der Waals surface area contributed by atoms with E-state index in [1.807, 2.05) is 29.8 Å². The maximum Gasteiger partial charge on any atom is 0.0834 e. The molecule has 2 heterocycles. The van der Waals surface area contributed by atoms with Crippen molar-refractivity contribution in [2.45, 2.75) is 26.9 Å². The zero-order chi connectivity index (χ0) is 14.1. The van der Waals surface area contributed by atoms with Crippen molar-refractivity contribution in [2.75, 3.05) is 0 Å². The topological polar surface area (TPSA) is 56.7 Å². The Hall–Kier alpha value is -2.20. The minimum absolute atomic E-state index is 0.531. The first kappa shape index (κ1) is 12.8. The highest BCUT2D eigenvalue weighted by molar-refractivity contribution is 5.78. The van der Waals surface area contributed by atoms with Crippen LogP contribution in [0.3, 0.4) is 0 Å². The number of rotatable bonds is 3. The van der Waals surface area contributed by atoms with E-state index in [1.165, 1.54) is 0 Å². The number of hydrogen-bond acceptors (Lipinski definition) is 3. The minimum Gasteiger partial charge on any atom is -0.326 e. The number of benzene rings is 1. The lowest BCUT2D eigenvalue weighted by molar-refractivity contribution is 0.647. The molecule has 0 spiro atoms. The van der Waals surface area contributed by atoms with Gasteiger partial charge in [-0.05, 0) is 26.0 Å². The summed E-state index contributed by atoms with van der Waals surface area (Å²) in [7, 11) is 0. The third-order valence-corrected chi connectivity index (χ3v) is 3.70. The molecule has 0 atom stereocenters.